The molecule has 0 bridgehead atoms. The fourth-order valence-corrected chi connectivity index (χ4v) is 2.40. The summed E-state index contributed by atoms with van der Waals surface area (Å²) in [5, 5.41) is 14.9. The van der Waals surface area contributed by atoms with Crippen molar-refractivity contribution in [2.24, 2.45) is 0 Å². The summed E-state index contributed by atoms with van der Waals surface area (Å²) in [6.45, 7) is 2.35. The van der Waals surface area contributed by atoms with Crippen molar-refractivity contribution in [2.75, 3.05) is 6.61 Å². The third kappa shape index (κ3) is 3.53. The van der Waals surface area contributed by atoms with E-state index in [9.17, 15) is 4.79 Å². The number of aliphatic hydroxyl groups is 1. The van der Waals surface area contributed by atoms with E-state index in [2.05, 4.69) is 16.9 Å². The molecule has 0 aliphatic heterocycles. The molecule has 0 aliphatic carbocycles. The second-order valence-corrected chi connectivity index (χ2v) is 5.00. The van der Waals surface area contributed by atoms with Crippen molar-refractivity contribution in [3.8, 4) is 11.8 Å². The summed E-state index contributed by atoms with van der Waals surface area (Å²) in [4.78, 5) is 12.7. The maximum atomic E-state index is 11.7. The van der Waals surface area contributed by atoms with Crippen LogP contribution in [0.25, 0.3) is 0 Å². The predicted molar refractivity (Wildman–Crippen MR) is 75.2 cm³/mol. The SMILES string of the molecule is Cc1ccc(=O)n(Cc2sccc2C#CCCO)n1. The van der Waals surface area contributed by atoms with Crippen molar-refractivity contribution in [1.29, 1.82) is 0 Å². The number of thiophene rings is 1. The molecule has 0 unspecified atom stereocenters. The normalized spacial score (nSPS) is 10.0. The summed E-state index contributed by atoms with van der Waals surface area (Å²) in [7, 11) is 0. The quantitative estimate of drug-likeness (QED) is 0.861. The van der Waals surface area contributed by atoms with Gasteiger partial charge in [0.2, 0.25) is 0 Å². The first-order valence-electron chi connectivity index (χ1n) is 5.91. The van der Waals surface area contributed by atoms with Crippen LogP contribution in [0.15, 0.2) is 28.4 Å². The molecule has 2 aromatic rings. The molecule has 0 aliphatic rings. The molecule has 2 heterocycles. The first-order chi connectivity index (χ1) is 9.20. The second-order valence-electron chi connectivity index (χ2n) is 4.00. The van der Waals surface area contributed by atoms with E-state index in [1.807, 2.05) is 18.4 Å². The standard InChI is InChI=1S/C14H14N2O2S/c1-11-5-6-14(18)16(15-11)10-13-12(7-9-19-13)4-2-3-8-17/h5-7,9,17H,3,8,10H2,1H3. The molecule has 0 saturated carbocycles. The van der Waals surface area contributed by atoms with Gasteiger partial charge in [0.15, 0.2) is 0 Å². The van der Waals surface area contributed by atoms with Gasteiger partial charge < -0.3 is 5.11 Å². The van der Waals surface area contributed by atoms with E-state index in [-0.39, 0.29) is 12.2 Å². The van der Waals surface area contributed by atoms with Gasteiger partial charge in [-0.05, 0) is 24.4 Å². The van der Waals surface area contributed by atoms with E-state index in [0.717, 1.165) is 16.1 Å². The van der Waals surface area contributed by atoms with Crippen molar-refractivity contribution in [1.82, 2.24) is 9.78 Å². The van der Waals surface area contributed by atoms with Crippen LogP contribution in [-0.2, 0) is 6.54 Å². The van der Waals surface area contributed by atoms with Gasteiger partial charge in [-0.25, -0.2) is 4.68 Å². The maximum absolute atomic E-state index is 11.7. The number of rotatable bonds is 3. The minimum absolute atomic E-state index is 0.0609. The predicted octanol–water partition coefficient (Wildman–Crippen LogP) is 1.40. The number of aromatic nitrogens is 2. The van der Waals surface area contributed by atoms with E-state index in [4.69, 9.17) is 5.11 Å². The van der Waals surface area contributed by atoms with Crippen LogP contribution < -0.4 is 5.56 Å². The van der Waals surface area contributed by atoms with Crippen molar-refractivity contribution in [3.05, 3.63) is 50.1 Å². The van der Waals surface area contributed by atoms with Gasteiger partial charge in [-0.15, -0.1) is 11.3 Å². The van der Waals surface area contributed by atoms with Crippen LogP contribution in [0.3, 0.4) is 0 Å². The molecule has 0 saturated heterocycles. The lowest BCUT2D eigenvalue weighted by Gasteiger charge is -2.03. The zero-order valence-corrected chi connectivity index (χ0v) is 11.4. The molecule has 4 nitrogen and oxygen atoms in total. The summed E-state index contributed by atoms with van der Waals surface area (Å²) in [6, 6.07) is 5.15. The molecule has 0 spiro atoms. The smallest absolute Gasteiger partial charge is 0.267 e. The molecule has 2 rings (SSSR count). The monoisotopic (exact) mass is 274 g/mol. The van der Waals surface area contributed by atoms with Gasteiger partial charge in [0.25, 0.3) is 5.56 Å². The molecule has 0 atom stereocenters. The highest BCUT2D eigenvalue weighted by molar-refractivity contribution is 7.10. The number of hydrogen-bond donors (Lipinski definition) is 1. The maximum Gasteiger partial charge on any atom is 0.267 e. The lowest BCUT2D eigenvalue weighted by atomic mass is 10.2. The number of nitrogens with zero attached hydrogens (tertiary/aromatic N) is 2. The lowest BCUT2D eigenvalue weighted by Crippen LogP contribution is -2.22. The lowest BCUT2D eigenvalue weighted by molar-refractivity contribution is 0.305. The van der Waals surface area contributed by atoms with Gasteiger partial charge in [-0.3, -0.25) is 4.79 Å². The van der Waals surface area contributed by atoms with Crippen LogP contribution in [-0.4, -0.2) is 21.5 Å². The van der Waals surface area contributed by atoms with Crippen LogP contribution >= 0.6 is 11.3 Å². The summed E-state index contributed by atoms with van der Waals surface area (Å²) < 4.78 is 1.44. The number of hydrogen-bond acceptors (Lipinski definition) is 4. The van der Waals surface area contributed by atoms with E-state index >= 15 is 0 Å². The van der Waals surface area contributed by atoms with E-state index in [0.29, 0.717) is 13.0 Å². The van der Waals surface area contributed by atoms with Gasteiger partial charge in [-0.1, -0.05) is 11.8 Å². The Bertz CT molecular complexity index is 676. The Kier molecular flexibility index (Phi) is 4.50. The summed E-state index contributed by atoms with van der Waals surface area (Å²) in [5.41, 5.74) is 1.59. The molecule has 2 aromatic heterocycles. The average Bonchev–Trinajstić information content (AvgIpc) is 2.82. The molecule has 98 valence electrons. The van der Waals surface area contributed by atoms with Crippen molar-refractivity contribution in [2.45, 2.75) is 19.9 Å². The van der Waals surface area contributed by atoms with Crippen LogP contribution in [0.5, 0.6) is 0 Å². The molecule has 1 N–H and O–H groups in total. The van der Waals surface area contributed by atoms with Gasteiger partial charge >= 0.3 is 0 Å². The first kappa shape index (κ1) is 13.5. The van der Waals surface area contributed by atoms with Crippen molar-refractivity contribution in [3.63, 3.8) is 0 Å². The Hall–Kier alpha value is -1.90. The second kappa shape index (κ2) is 6.32. The van der Waals surface area contributed by atoms with Crippen LogP contribution in [0.4, 0.5) is 0 Å². The molecule has 5 heteroatoms. The highest BCUT2D eigenvalue weighted by Gasteiger charge is 2.05. The fourth-order valence-electron chi connectivity index (χ4n) is 1.59. The van der Waals surface area contributed by atoms with E-state index in [1.165, 1.54) is 10.7 Å². The molecule has 0 radical (unpaired) electrons. The first-order valence-corrected chi connectivity index (χ1v) is 6.79. The fraction of sp³-hybridized carbons (Fsp3) is 0.286. The zero-order chi connectivity index (χ0) is 13.7. The summed E-state index contributed by atoms with van der Waals surface area (Å²) in [5.74, 6) is 5.89. The topological polar surface area (TPSA) is 55.1 Å². The van der Waals surface area contributed by atoms with E-state index in [1.54, 1.807) is 17.4 Å². The zero-order valence-electron chi connectivity index (χ0n) is 10.6. The van der Waals surface area contributed by atoms with E-state index < -0.39 is 0 Å². The molecular formula is C14H14N2O2S. The van der Waals surface area contributed by atoms with Crippen molar-refractivity contribution >= 4 is 11.3 Å². The minimum atomic E-state index is -0.117. The number of aryl methyl sites for hydroxylation is 1. The molecular weight excluding hydrogens is 260 g/mol. The minimum Gasteiger partial charge on any atom is -0.395 e. The van der Waals surface area contributed by atoms with Gasteiger partial charge in [-0.2, -0.15) is 5.10 Å². The van der Waals surface area contributed by atoms with Crippen LogP contribution in [0, 0.1) is 18.8 Å². The Morgan fingerprint density at radius 3 is 3.05 bits per heavy atom. The third-order valence-electron chi connectivity index (χ3n) is 2.50. The highest BCUT2D eigenvalue weighted by atomic mass is 32.1. The Morgan fingerprint density at radius 2 is 2.26 bits per heavy atom. The molecule has 19 heavy (non-hydrogen) atoms. The Balaban J connectivity index is 2.25. The molecule has 0 aromatic carbocycles. The third-order valence-corrected chi connectivity index (χ3v) is 3.40. The molecule has 0 fully saturated rings. The van der Waals surface area contributed by atoms with Crippen molar-refractivity contribution < 1.29 is 5.11 Å². The Morgan fingerprint density at radius 1 is 1.42 bits per heavy atom. The van der Waals surface area contributed by atoms with Gasteiger partial charge in [0.05, 0.1) is 18.8 Å². The van der Waals surface area contributed by atoms with Gasteiger partial charge in [0, 0.05) is 22.9 Å². The largest absolute Gasteiger partial charge is 0.395 e. The van der Waals surface area contributed by atoms with Crippen LogP contribution in [0.2, 0.25) is 0 Å². The summed E-state index contributed by atoms with van der Waals surface area (Å²) >= 11 is 1.55. The molecule has 0 amide bonds. The number of aliphatic hydroxyl groups excluding tert-OH is 1. The van der Waals surface area contributed by atoms with Gasteiger partial charge in [0.1, 0.15) is 0 Å². The Labute approximate surface area is 115 Å². The average molecular weight is 274 g/mol. The highest BCUT2D eigenvalue weighted by Crippen LogP contribution is 2.16. The van der Waals surface area contributed by atoms with Crippen LogP contribution in [0.1, 0.15) is 22.6 Å². The summed E-state index contributed by atoms with van der Waals surface area (Å²) in [6.07, 6.45) is 0.456.